The van der Waals surface area contributed by atoms with Crippen molar-refractivity contribution in [1.82, 2.24) is 14.8 Å². The van der Waals surface area contributed by atoms with Gasteiger partial charge in [-0.15, -0.1) is 0 Å². The number of hydrogen-bond acceptors (Lipinski definition) is 3. The Morgan fingerprint density at radius 2 is 1.45 bits per heavy atom. The number of fused-ring (bicyclic) bond motifs is 1. The molecule has 1 N–H and O–H groups in total. The van der Waals surface area contributed by atoms with Crippen molar-refractivity contribution in [2.75, 3.05) is 0 Å². The second-order valence-electron chi connectivity index (χ2n) is 5.15. The fraction of sp³-hybridized carbons (Fsp3) is 0.250. The molecule has 0 unspecified atom stereocenters. The van der Waals surface area contributed by atoms with Crippen molar-refractivity contribution in [1.29, 1.82) is 0 Å². The minimum absolute atomic E-state index is 0.267. The van der Waals surface area contributed by atoms with Crippen LogP contribution in [0.5, 0.6) is 5.75 Å². The molecule has 1 aromatic carbocycles. The van der Waals surface area contributed by atoms with E-state index >= 15 is 0 Å². The molecule has 0 bridgehead atoms. The van der Waals surface area contributed by atoms with Crippen molar-refractivity contribution in [2.24, 2.45) is 0 Å². The summed E-state index contributed by atoms with van der Waals surface area (Å²) in [6, 6.07) is 7.29. The largest absolute Gasteiger partial charge is 0.508 e. The number of benzene rings is 1. The minimum atomic E-state index is 0.267. The quantitative estimate of drug-likeness (QED) is 0.735. The average molecular weight is 267 g/mol. The number of aromatic hydroxyl groups is 1. The molecule has 0 aliphatic carbocycles. The van der Waals surface area contributed by atoms with Crippen LogP contribution >= 0.6 is 0 Å². The Hall–Kier alpha value is -2.36. The van der Waals surface area contributed by atoms with Gasteiger partial charge >= 0.3 is 0 Å². The molecule has 4 heteroatoms. The number of phenolic OH excluding ortho intramolecular Hbond substituents is 1. The number of nitrogens with zero attached hydrogens (tertiary/aromatic N) is 3. The third kappa shape index (κ3) is 1.68. The molecule has 0 atom stereocenters. The van der Waals surface area contributed by atoms with E-state index in [4.69, 9.17) is 0 Å². The summed E-state index contributed by atoms with van der Waals surface area (Å²) in [6.45, 7) is 8.11. The molecule has 102 valence electrons. The van der Waals surface area contributed by atoms with Crippen LogP contribution in [0.1, 0.15) is 22.8 Å². The van der Waals surface area contributed by atoms with E-state index in [1.807, 2.05) is 26.0 Å². The number of hydrogen-bond donors (Lipinski definition) is 1. The number of rotatable bonds is 1. The predicted molar refractivity (Wildman–Crippen MR) is 79.5 cm³/mol. The smallest absolute Gasteiger partial charge is 0.117 e. The van der Waals surface area contributed by atoms with E-state index in [0.717, 1.165) is 39.2 Å². The highest BCUT2D eigenvalue weighted by Gasteiger charge is 2.17. The minimum Gasteiger partial charge on any atom is -0.508 e. The lowest BCUT2D eigenvalue weighted by atomic mass is 10.1. The standard InChI is InChI=1S/C16H17N3O/c1-9-15-11(3)19(13-6-5-7-14(20)8-13)12(4)16(15)10(2)18-17-9/h5-8,20H,1-4H3. The summed E-state index contributed by atoms with van der Waals surface area (Å²) in [6.07, 6.45) is 0. The zero-order valence-corrected chi connectivity index (χ0v) is 12.1. The molecular weight excluding hydrogens is 250 g/mol. The Balaban J connectivity index is 2.44. The van der Waals surface area contributed by atoms with E-state index in [-0.39, 0.29) is 5.75 Å². The van der Waals surface area contributed by atoms with Crippen molar-refractivity contribution in [3.05, 3.63) is 47.0 Å². The fourth-order valence-electron chi connectivity index (χ4n) is 2.99. The lowest BCUT2D eigenvalue weighted by Crippen LogP contribution is -1.98. The zero-order valence-electron chi connectivity index (χ0n) is 12.1. The Kier molecular flexibility index (Phi) is 2.74. The Labute approximate surface area is 117 Å². The monoisotopic (exact) mass is 267 g/mol. The molecule has 0 aliphatic heterocycles. The van der Waals surface area contributed by atoms with Crippen LogP contribution in [0.3, 0.4) is 0 Å². The molecule has 20 heavy (non-hydrogen) atoms. The summed E-state index contributed by atoms with van der Waals surface area (Å²) >= 11 is 0. The summed E-state index contributed by atoms with van der Waals surface area (Å²) in [5.41, 5.74) is 5.07. The van der Waals surface area contributed by atoms with Crippen LogP contribution in [0.4, 0.5) is 0 Å². The molecular formula is C16H17N3O. The van der Waals surface area contributed by atoms with Gasteiger partial charge in [0.25, 0.3) is 0 Å². The van der Waals surface area contributed by atoms with Crippen LogP contribution in [-0.4, -0.2) is 19.9 Å². The maximum absolute atomic E-state index is 9.70. The molecule has 3 aromatic rings. The van der Waals surface area contributed by atoms with Crippen molar-refractivity contribution < 1.29 is 5.11 Å². The van der Waals surface area contributed by atoms with Crippen molar-refractivity contribution in [3.63, 3.8) is 0 Å². The van der Waals surface area contributed by atoms with Crippen LogP contribution in [-0.2, 0) is 0 Å². The fourth-order valence-corrected chi connectivity index (χ4v) is 2.99. The number of phenols is 1. The van der Waals surface area contributed by atoms with Gasteiger partial charge in [0.15, 0.2) is 0 Å². The third-order valence-electron chi connectivity index (χ3n) is 3.81. The molecule has 0 fully saturated rings. The van der Waals surface area contributed by atoms with E-state index in [1.54, 1.807) is 12.1 Å². The molecule has 0 saturated heterocycles. The van der Waals surface area contributed by atoms with Crippen LogP contribution in [0.15, 0.2) is 24.3 Å². The maximum atomic E-state index is 9.70. The van der Waals surface area contributed by atoms with Gasteiger partial charge in [-0.2, -0.15) is 10.2 Å². The van der Waals surface area contributed by atoms with Gasteiger partial charge in [0.1, 0.15) is 5.75 Å². The Bertz CT molecular complexity index is 773. The first-order valence-electron chi connectivity index (χ1n) is 6.61. The lowest BCUT2D eigenvalue weighted by molar-refractivity contribution is 0.475. The van der Waals surface area contributed by atoms with E-state index in [1.165, 1.54) is 0 Å². The predicted octanol–water partition coefficient (Wildman–Crippen LogP) is 3.36. The van der Waals surface area contributed by atoms with Crippen LogP contribution in [0.25, 0.3) is 16.5 Å². The van der Waals surface area contributed by atoms with Gasteiger partial charge < -0.3 is 9.67 Å². The highest BCUT2D eigenvalue weighted by molar-refractivity contribution is 5.92. The topological polar surface area (TPSA) is 50.9 Å². The van der Waals surface area contributed by atoms with Gasteiger partial charge in [0, 0.05) is 33.9 Å². The van der Waals surface area contributed by atoms with Gasteiger partial charge in [0.05, 0.1) is 11.4 Å². The van der Waals surface area contributed by atoms with Gasteiger partial charge in [-0.3, -0.25) is 0 Å². The summed E-state index contributed by atoms with van der Waals surface area (Å²) in [7, 11) is 0. The highest BCUT2D eigenvalue weighted by Crippen LogP contribution is 2.32. The third-order valence-corrected chi connectivity index (χ3v) is 3.81. The van der Waals surface area contributed by atoms with E-state index in [9.17, 15) is 5.11 Å². The SMILES string of the molecule is Cc1nnc(C)c2c(C)n(-c3cccc(O)c3)c(C)c12. The first-order chi connectivity index (χ1) is 9.50. The van der Waals surface area contributed by atoms with E-state index in [2.05, 4.69) is 28.6 Å². The lowest BCUT2D eigenvalue weighted by Gasteiger charge is -2.09. The van der Waals surface area contributed by atoms with E-state index in [0.29, 0.717) is 0 Å². The molecule has 2 heterocycles. The van der Waals surface area contributed by atoms with Crippen molar-refractivity contribution in [3.8, 4) is 11.4 Å². The van der Waals surface area contributed by atoms with E-state index < -0.39 is 0 Å². The van der Waals surface area contributed by atoms with Gasteiger partial charge in [-0.25, -0.2) is 0 Å². The molecule has 0 amide bonds. The molecule has 0 saturated carbocycles. The van der Waals surface area contributed by atoms with Crippen molar-refractivity contribution >= 4 is 10.8 Å². The van der Waals surface area contributed by atoms with Crippen LogP contribution in [0.2, 0.25) is 0 Å². The summed E-state index contributed by atoms with van der Waals surface area (Å²) in [5.74, 6) is 0.267. The maximum Gasteiger partial charge on any atom is 0.117 e. The molecule has 3 rings (SSSR count). The summed E-state index contributed by atoms with van der Waals surface area (Å²) < 4.78 is 2.15. The Morgan fingerprint density at radius 1 is 0.900 bits per heavy atom. The normalized spacial score (nSPS) is 11.2. The van der Waals surface area contributed by atoms with Gasteiger partial charge in [0.2, 0.25) is 0 Å². The second kappa shape index (κ2) is 4.34. The zero-order chi connectivity index (χ0) is 14.4. The number of aromatic nitrogens is 3. The average Bonchev–Trinajstić information content (AvgIpc) is 2.67. The highest BCUT2D eigenvalue weighted by atomic mass is 16.3. The summed E-state index contributed by atoms with van der Waals surface area (Å²) in [5, 5.41) is 20.4. The summed E-state index contributed by atoms with van der Waals surface area (Å²) in [4.78, 5) is 0. The van der Waals surface area contributed by atoms with Crippen LogP contribution in [0, 0.1) is 27.7 Å². The molecule has 0 radical (unpaired) electrons. The van der Waals surface area contributed by atoms with Crippen LogP contribution < -0.4 is 0 Å². The Morgan fingerprint density at radius 3 is 1.95 bits per heavy atom. The molecule has 0 spiro atoms. The van der Waals surface area contributed by atoms with Gasteiger partial charge in [-0.1, -0.05) is 6.07 Å². The first-order valence-corrected chi connectivity index (χ1v) is 6.61. The van der Waals surface area contributed by atoms with Crippen molar-refractivity contribution in [2.45, 2.75) is 27.7 Å². The molecule has 4 nitrogen and oxygen atoms in total. The molecule has 0 aliphatic rings. The first kappa shape index (κ1) is 12.7. The number of aryl methyl sites for hydroxylation is 4. The van der Waals surface area contributed by atoms with Gasteiger partial charge in [-0.05, 0) is 39.8 Å². The molecule has 2 aromatic heterocycles. The second-order valence-corrected chi connectivity index (χ2v) is 5.15.